The van der Waals surface area contributed by atoms with Gasteiger partial charge in [-0.1, -0.05) is 13.3 Å². The van der Waals surface area contributed by atoms with Gasteiger partial charge in [0.2, 0.25) is 0 Å². The van der Waals surface area contributed by atoms with Crippen LogP contribution in [0, 0.1) is 6.92 Å². The van der Waals surface area contributed by atoms with Crippen LogP contribution in [0.15, 0.2) is 18.3 Å². The van der Waals surface area contributed by atoms with E-state index in [0.717, 1.165) is 43.5 Å². The summed E-state index contributed by atoms with van der Waals surface area (Å²) in [6.07, 6.45) is 5.69. The van der Waals surface area contributed by atoms with Gasteiger partial charge in [-0.15, -0.1) is 0 Å². The highest BCUT2D eigenvalue weighted by atomic mass is 16.1. The van der Waals surface area contributed by atoms with Gasteiger partial charge in [-0.2, -0.15) is 0 Å². The van der Waals surface area contributed by atoms with Crippen LogP contribution in [-0.2, 0) is 0 Å². The molecule has 0 aliphatic carbocycles. The normalized spacial score (nSPS) is 23.9. The number of rotatable bonds is 4. The van der Waals surface area contributed by atoms with Crippen LogP contribution < -0.4 is 5.32 Å². The first-order valence-corrected chi connectivity index (χ1v) is 6.40. The van der Waals surface area contributed by atoms with Gasteiger partial charge < -0.3 is 5.32 Å². The van der Waals surface area contributed by atoms with Gasteiger partial charge >= 0.3 is 0 Å². The molecule has 17 heavy (non-hydrogen) atoms. The van der Waals surface area contributed by atoms with Crippen LogP contribution in [0.5, 0.6) is 0 Å². The summed E-state index contributed by atoms with van der Waals surface area (Å²) in [4.78, 5) is 16.8. The Bertz CT molecular complexity index is 391. The van der Waals surface area contributed by atoms with E-state index in [2.05, 4.69) is 17.2 Å². The standard InChI is InChI=1S/C14H20N2O/c1-3-7-14(8-4-9-16-14)13(17)12-6-5-11(2)15-10-12/h5-6,10,16H,3-4,7-9H2,1-2H3. The van der Waals surface area contributed by atoms with Crippen molar-refractivity contribution in [3.05, 3.63) is 29.6 Å². The molecule has 1 aliphatic rings. The fourth-order valence-electron chi connectivity index (χ4n) is 2.63. The molecule has 3 heteroatoms. The molecule has 1 aromatic rings. The Hall–Kier alpha value is -1.22. The number of hydrogen-bond donors (Lipinski definition) is 1. The molecule has 2 rings (SSSR count). The monoisotopic (exact) mass is 232 g/mol. The maximum Gasteiger partial charge on any atom is 0.184 e. The van der Waals surface area contributed by atoms with Gasteiger partial charge in [0.05, 0.1) is 5.54 Å². The SMILES string of the molecule is CCCC1(C(=O)c2ccc(C)nc2)CCCN1. The molecule has 1 aliphatic heterocycles. The highest BCUT2D eigenvalue weighted by Crippen LogP contribution is 2.28. The minimum absolute atomic E-state index is 0.212. The van der Waals surface area contributed by atoms with Crippen molar-refractivity contribution in [1.29, 1.82) is 0 Å². The van der Waals surface area contributed by atoms with Crippen molar-refractivity contribution in [2.75, 3.05) is 6.54 Å². The van der Waals surface area contributed by atoms with E-state index < -0.39 is 0 Å². The Kier molecular flexibility index (Phi) is 3.57. The van der Waals surface area contributed by atoms with Crippen molar-refractivity contribution < 1.29 is 4.79 Å². The van der Waals surface area contributed by atoms with E-state index in [4.69, 9.17) is 0 Å². The van der Waals surface area contributed by atoms with Gasteiger partial charge in [0.15, 0.2) is 5.78 Å². The third-order valence-corrected chi connectivity index (χ3v) is 3.53. The van der Waals surface area contributed by atoms with Crippen LogP contribution in [0.3, 0.4) is 0 Å². The predicted molar refractivity (Wildman–Crippen MR) is 68.2 cm³/mol. The molecular weight excluding hydrogens is 212 g/mol. The number of carbonyl (C=O) groups is 1. The molecular formula is C14H20N2O. The molecule has 92 valence electrons. The quantitative estimate of drug-likeness (QED) is 0.811. The van der Waals surface area contributed by atoms with E-state index in [-0.39, 0.29) is 11.3 Å². The van der Waals surface area contributed by atoms with Crippen LogP contribution in [0.1, 0.15) is 48.7 Å². The van der Waals surface area contributed by atoms with Crippen molar-refractivity contribution in [2.24, 2.45) is 0 Å². The summed E-state index contributed by atoms with van der Waals surface area (Å²) in [5.74, 6) is 0.212. The summed E-state index contributed by atoms with van der Waals surface area (Å²) >= 11 is 0. The number of Topliss-reactive ketones (excluding diaryl/α,β-unsaturated/α-hetero) is 1. The summed E-state index contributed by atoms with van der Waals surface area (Å²) in [6.45, 7) is 5.01. The first-order chi connectivity index (χ1) is 8.18. The van der Waals surface area contributed by atoms with E-state index >= 15 is 0 Å². The average Bonchev–Trinajstić information content (AvgIpc) is 2.79. The Morgan fingerprint density at radius 2 is 2.35 bits per heavy atom. The van der Waals surface area contributed by atoms with Gasteiger partial charge in [-0.05, 0) is 44.9 Å². The van der Waals surface area contributed by atoms with Crippen molar-refractivity contribution in [3.63, 3.8) is 0 Å². The van der Waals surface area contributed by atoms with Crippen molar-refractivity contribution in [1.82, 2.24) is 10.3 Å². The Morgan fingerprint density at radius 3 is 2.88 bits per heavy atom. The summed E-state index contributed by atoms with van der Waals surface area (Å²) in [6, 6.07) is 3.80. The van der Waals surface area contributed by atoms with Crippen LogP contribution in [0.25, 0.3) is 0 Å². The molecule has 1 unspecified atom stereocenters. The van der Waals surface area contributed by atoms with Crippen LogP contribution >= 0.6 is 0 Å². The Balaban J connectivity index is 2.25. The second-order valence-corrected chi connectivity index (χ2v) is 4.88. The van der Waals surface area contributed by atoms with Gasteiger partial charge in [0.25, 0.3) is 0 Å². The lowest BCUT2D eigenvalue weighted by molar-refractivity contribution is 0.0857. The number of carbonyl (C=O) groups excluding carboxylic acids is 1. The lowest BCUT2D eigenvalue weighted by Gasteiger charge is -2.27. The number of pyridine rings is 1. The minimum Gasteiger partial charge on any atom is -0.305 e. The predicted octanol–water partition coefficient (Wildman–Crippen LogP) is 2.50. The van der Waals surface area contributed by atoms with Crippen molar-refractivity contribution >= 4 is 5.78 Å². The maximum absolute atomic E-state index is 12.6. The number of ketones is 1. The fraction of sp³-hybridized carbons (Fsp3) is 0.571. The molecule has 2 heterocycles. The summed E-state index contributed by atoms with van der Waals surface area (Å²) in [5.41, 5.74) is 1.36. The molecule has 0 saturated carbocycles. The first kappa shape index (κ1) is 12.2. The number of aromatic nitrogens is 1. The molecule has 0 amide bonds. The lowest BCUT2D eigenvalue weighted by Crippen LogP contribution is -2.47. The fourth-order valence-corrected chi connectivity index (χ4v) is 2.63. The molecule has 1 aromatic heterocycles. The van der Waals surface area contributed by atoms with Gasteiger partial charge in [0.1, 0.15) is 0 Å². The highest BCUT2D eigenvalue weighted by molar-refractivity contribution is 6.03. The number of nitrogens with one attached hydrogen (secondary N) is 1. The second kappa shape index (κ2) is 4.96. The smallest absolute Gasteiger partial charge is 0.184 e. The average molecular weight is 232 g/mol. The third kappa shape index (κ3) is 2.39. The van der Waals surface area contributed by atoms with Crippen molar-refractivity contribution in [2.45, 2.75) is 45.1 Å². The van der Waals surface area contributed by atoms with E-state index in [1.54, 1.807) is 6.20 Å². The Labute approximate surface area is 103 Å². The third-order valence-electron chi connectivity index (χ3n) is 3.53. The molecule has 0 spiro atoms. The van der Waals surface area contributed by atoms with Crippen LogP contribution in [-0.4, -0.2) is 22.9 Å². The molecule has 1 fully saturated rings. The zero-order chi connectivity index (χ0) is 12.3. The van der Waals surface area contributed by atoms with E-state index in [1.807, 2.05) is 19.1 Å². The largest absolute Gasteiger partial charge is 0.305 e. The molecule has 0 radical (unpaired) electrons. The van der Waals surface area contributed by atoms with E-state index in [1.165, 1.54) is 0 Å². The number of hydrogen-bond acceptors (Lipinski definition) is 3. The highest BCUT2D eigenvalue weighted by Gasteiger charge is 2.40. The second-order valence-electron chi connectivity index (χ2n) is 4.88. The molecule has 0 bridgehead atoms. The molecule has 1 atom stereocenters. The maximum atomic E-state index is 12.6. The summed E-state index contributed by atoms with van der Waals surface area (Å²) in [7, 11) is 0. The molecule has 0 aromatic carbocycles. The first-order valence-electron chi connectivity index (χ1n) is 6.40. The molecule has 3 nitrogen and oxygen atoms in total. The summed E-state index contributed by atoms with van der Waals surface area (Å²) < 4.78 is 0. The molecule has 1 saturated heterocycles. The minimum atomic E-state index is -0.328. The van der Waals surface area contributed by atoms with E-state index in [0.29, 0.717) is 0 Å². The number of nitrogens with zero attached hydrogens (tertiary/aromatic N) is 1. The Morgan fingerprint density at radius 1 is 1.53 bits per heavy atom. The van der Waals surface area contributed by atoms with E-state index in [9.17, 15) is 4.79 Å². The number of aryl methyl sites for hydroxylation is 1. The van der Waals surface area contributed by atoms with Gasteiger partial charge in [-0.3, -0.25) is 9.78 Å². The molecule has 1 N–H and O–H groups in total. The van der Waals surface area contributed by atoms with Crippen LogP contribution in [0.2, 0.25) is 0 Å². The zero-order valence-corrected chi connectivity index (χ0v) is 10.6. The van der Waals surface area contributed by atoms with Gasteiger partial charge in [-0.25, -0.2) is 0 Å². The van der Waals surface area contributed by atoms with Crippen LogP contribution in [0.4, 0.5) is 0 Å². The van der Waals surface area contributed by atoms with Crippen molar-refractivity contribution in [3.8, 4) is 0 Å². The lowest BCUT2D eigenvalue weighted by atomic mass is 9.84. The topological polar surface area (TPSA) is 42.0 Å². The zero-order valence-electron chi connectivity index (χ0n) is 10.6. The van der Waals surface area contributed by atoms with Gasteiger partial charge in [0, 0.05) is 17.5 Å². The summed E-state index contributed by atoms with van der Waals surface area (Å²) in [5, 5.41) is 3.41.